The molecule has 0 bridgehead atoms. The molecule has 2 aliphatic rings. The van der Waals surface area contributed by atoms with Gasteiger partial charge in [-0.25, -0.2) is 0 Å². The Morgan fingerprint density at radius 3 is 0.700 bits per heavy atom. The zero-order valence-corrected chi connectivity index (χ0v) is 46.0. The van der Waals surface area contributed by atoms with Crippen molar-refractivity contribution in [3.63, 3.8) is 0 Å². The molecule has 0 spiro atoms. The van der Waals surface area contributed by atoms with Crippen molar-refractivity contribution in [2.75, 3.05) is 0 Å². The Morgan fingerprint density at radius 1 is 0.200 bits per heavy atom. The van der Waals surface area contributed by atoms with Crippen LogP contribution in [0.2, 0.25) is 0 Å². The highest BCUT2D eigenvalue weighted by Gasteiger charge is 2.41. The number of rotatable bonds is 11. The summed E-state index contributed by atoms with van der Waals surface area (Å²) in [5.74, 6) is 0. The van der Waals surface area contributed by atoms with Crippen molar-refractivity contribution in [3.05, 3.63) is 301 Å². The van der Waals surface area contributed by atoms with Crippen molar-refractivity contribution in [2.45, 2.75) is 51.4 Å². The number of fused-ring (bicyclic) bond motifs is 6. The van der Waals surface area contributed by atoms with E-state index in [2.05, 4.69) is 307 Å². The molecule has 0 unspecified atom stereocenters. The van der Waals surface area contributed by atoms with Gasteiger partial charge in [-0.3, -0.25) is 0 Å². The minimum absolute atomic E-state index is 0.0920. The molecule has 12 aromatic rings. The van der Waals surface area contributed by atoms with E-state index < -0.39 is 0 Å². The van der Waals surface area contributed by atoms with Crippen LogP contribution in [0.5, 0.6) is 0 Å². The zero-order chi connectivity index (χ0) is 54.0. The van der Waals surface area contributed by atoms with Gasteiger partial charge in [0.25, 0.3) is 0 Å². The van der Waals surface area contributed by atoms with Gasteiger partial charge in [0.2, 0.25) is 0 Å². The average molecular weight is 1020 g/mol. The molecule has 0 heterocycles. The smallest absolute Gasteiger partial charge is 0.0210 e. The van der Waals surface area contributed by atoms with Crippen molar-refractivity contribution in [1.29, 1.82) is 0 Å². The molecule has 0 saturated heterocycles. The van der Waals surface area contributed by atoms with Crippen LogP contribution in [-0.4, -0.2) is 0 Å². The van der Waals surface area contributed by atoms with Gasteiger partial charge >= 0.3 is 0 Å². The molecule has 0 radical (unpaired) electrons. The molecule has 0 saturated carbocycles. The van der Waals surface area contributed by atoms with Crippen LogP contribution in [0.15, 0.2) is 279 Å². The fourth-order valence-electron chi connectivity index (χ4n) is 13.5. The third kappa shape index (κ3) is 8.46. The maximum Gasteiger partial charge on any atom is 0.0210 e. The Hall–Kier alpha value is -9.36. The molecule has 0 fully saturated rings. The molecular weight excluding hydrogens is 961 g/mol. The lowest BCUT2D eigenvalue weighted by Crippen LogP contribution is -2.23. The van der Waals surface area contributed by atoms with E-state index in [1.807, 2.05) is 0 Å². The van der Waals surface area contributed by atoms with Crippen LogP contribution in [0.3, 0.4) is 0 Å². The summed E-state index contributed by atoms with van der Waals surface area (Å²) in [5.41, 5.74) is 33.0. The zero-order valence-electron chi connectivity index (χ0n) is 46.0. The molecule has 12 aromatic carbocycles. The summed E-state index contributed by atoms with van der Waals surface area (Å²) in [6.45, 7) is 9.59. The van der Waals surface area contributed by atoms with Gasteiger partial charge < -0.3 is 0 Å². The Morgan fingerprint density at radius 2 is 0.400 bits per heavy atom. The van der Waals surface area contributed by atoms with Crippen molar-refractivity contribution < 1.29 is 0 Å². The van der Waals surface area contributed by atoms with Crippen molar-refractivity contribution in [3.8, 4) is 122 Å². The minimum atomic E-state index is -0.168. The predicted molar refractivity (Wildman–Crippen MR) is 340 cm³/mol. The lowest BCUT2D eigenvalue weighted by molar-refractivity contribution is 0.491. The summed E-state index contributed by atoms with van der Waals surface area (Å²) in [5, 5.41) is 0. The van der Waals surface area contributed by atoms with Gasteiger partial charge in [-0.15, -0.1) is 0 Å². The highest BCUT2D eigenvalue weighted by molar-refractivity contribution is 5.91. The summed E-state index contributed by atoms with van der Waals surface area (Å²) >= 11 is 0. The first-order chi connectivity index (χ1) is 39.2. The first-order valence-electron chi connectivity index (χ1n) is 28.6. The molecular formula is C80H62. The van der Waals surface area contributed by atoms with E-state index in [4.69, 9.17) is 0 Å². The van der Waals surface area contributed by atoms with E-state index >= 15 is 0 Å². The SMILES string of the molecule is CCC1(CC)c2cc(-c3cc(-c4ccccc4)cc(-c4ccccc4)c3)ccc2-c2ccc(-c3ccc4c(c3)C(C)(C)c3cc(-c5ccc(-c6ccc(-c7cc(-c8ccccc8)cc(-c8ccccc8)c7)cc6)cc5)ccc3-4)cc21. The summed E-state index contributed by atoms with van der Waals surface area (Å²) in [6.07, 6.45) is 2.06. The number of benzene rings is 12. The molecule has 80 heavy (non-hydrogen) atoms. The van der Waals surface area contributed by atoms with Gasteiger partial charge in [0.1, 0.15) is 0 Å². The van der Waals surface area contributed by atoms with Gasteiger partial charge in [0.05, 0.1) is 0 Å². The summed E-state index contributed by atoms with van der Waals surface area (Å²) in [4.78, 5) is 0. The summed E-state index contributed by atoms with van der Waals surface area (Å²) in [6, 6.07) is 104. The Kier molecular flexibility index (Phi) is 12.1. The Bertz CT molecular complexity index is 4160. The molecule has 0 atom stereocenters. The monoisotopic (exact) mass is 1020 g/mol. The van der Waals surface area contributed by atoms with Crippen LogP contribution in [0.25, 0.3) is 122 Å². The number of hydrogen-bond acceptors (Lipinski definition) is 0. The van der Waals surface area contributed by atoms with Crippen molar-refractivity contribution in [1.82, 2.24) is 0 Å². The first-order valence-corrected chi connectivity index (χ1v) is 28.6. The predicted octanol–water partition coefficient (Wildman–Crippen LogP) is 22.1. The average Bonchev–Trinajstić information content (AvgIpc) is 4.14. The normalized spacial score (nSPS) is 13.3. The largest absolute Gasteiger partial charge is 0.0642 e. The van der Waals surface area contributed by atoms with Gasteiger partial charge in [-0.1, -0.05) is 246 Å². The van der Waals surface area contributed by atoms with Crippen molar-refractivity contribution >= 4 is 0 Å². The lowest BCUT2D eigenvalue weighted by atomic mass is 9.73. The molecule has 0 nitrogen and oxygen atoms in total. The van der Waals surface area contributed by atoms with Crippen LogP contribution >= 0.6 is 0 Å². The minimum Gasteiger partial charge on any atom is -0.0642 e. The molecule has 0 aromatic heterocycles. The maximum absolute atomic E-state index is 2.53. The maximum atomic E-state index is 2.53. The van der Waals surface area contributed by atoms with E-state index in [-0.39, 0.29) is 10.8 Å². The van der Waals surface area contributed by atoms with Crippen LogP contribution in [0.4, 0.5) is 0 Å². The molecule has 0 aliphatic heterocycles. The molecule has 14 rings (SSSR count). The van der Waals surface area contributed by atoms with E-state index in [9.17, 15) is 0 Å². The van der Waals surface area contributed by atoms with E-state index in [0.29, 0.717) is 0 Å². The summed E-state index contributed by atoms with van der Waals surface area (Å²) in [7, 11) is 0. The Labute approximate surface area is 472 Å². The molecule has 0 N–H and O–H groups in total. The van der Waals surface area contributed by atoms with E-state index in [1.165, 1.54) is 145 Å². The topological polar surface area (TPSA) is 0 Å². The first kappa shape index (κ1) is 49.0. The van der Waals surface area contributed by atoms with Crippen LogP contribution in [-0.2, 0) is 10.8 Å². The molecule has 2 aliphatic carbocycles. The van der Waals surface area contributed by atoms with E-state index in [1.54, 1.807) is 0 Å². The highest BCUT2D eigenvalue weighted by atomic mass is 14.4. The van der Waals surface area contributed by atoms with Crippen LogP contribution in [0, 0.1) is 0 Å². The fraction of sp³-hybridized carbons (Fsp3) is 0.100. The highest BCUT2D eigenvalue weighted by Crippen LogP contribution is 2.56. The molecule has 0 heteroatoms. The van der Waals surface area contributed by atoms with Crippen molar-refractivity contribution in [2.24, 2.45) is 0 Å². The quantitative estimate of drug-likeness (QED) is 0.121. The van der Waals surface area contributed by atoms with Crippen LogP contribution < -0.4 is 0 Å². The molecule has 382 valence electrons. The second-order valence-electron chi connectivity index (χ2n) is 22.7. The second kappa shape index (κ2) is 19.8. The van der Waals surface area contributed by atoms with Gasteiger partial charge in [0.15, 0.2) is 0 Å². The summed E-state index contributed by atoms with van der Waals surface area (Å²) < 4.78 is 0. The standard InChI is InChI=1S/C80H62/c1-5-80(6-2)77-51-63(37-41-73(77)74-42-38-64(52-78(74)80)70-47-67(55-23-15-9-16-24-55)44-68(48-70)56-25-17-10-18-26-56)62-36-40-72-71-39-35-61(49-75(71)79(3,4)76(72)50-62)59-31-27-57(28-32-59)58-29-33-60(34-30-58)69-45-65(53-19-11-7-12-20-53)43-66(46-69)54-21-13-8-14-22-54/h7-52H,5-6H2,1-4H3. The number of hydrogen-bond donors (Lipinski definition) is 0. The van der Waals surface area contributed by atoms with Crippen LogP contribution in [0.1, 0.15) is 62.8 Å². The van der Waals surface area contributed by atoms with E-state index in [0.717, 1.165) is 12.8 Å². The lowest BCUT2D eigenvalue weighted by Gasteiger charge is -2.30. The molecule has 0 amide bonds. The van der Waals surface area contributed by atoms with Gasteiger partial charge in [0, 0.05) is 10.8 Å². The van der Waals surface area contributed by atoms with Gasteiger partial charge in [-0.2, -0.15) is 0 Å². The fourth-order valence-corrected chi connectivity index (χ4v) is 13.5. The third-order valence-corrected chi connectivity index (χ3v) is 18.0. The third-order valence-electron chi connectivity index (χ3n) is 18.0. The van der Waals surface area contributed by atoms with Gasteiger partial charge in [-0.05, 0) is 218 Å². The Balaban J connectivity index is 0.730. The second-order valence-corrected chi connectivity index (χ2v) is 22.7.